The molecule has 1 heterocycles. The Morgan fingerprint density at radius 1 is 1.40 bits per heavy atom. The van der Waals surface area contributed by atoms with Gasteiger partial charge in [0.05, 0.1) is 0 Å². The Balaban J connectivity index is 1.61. The Hall–Kier alpha value is -1.64. The molecule has 3 rings (SSSR count). The molecule has 3 N–H and O–H groups in total. The number of benzene rings is 1. The van der Waals surface area contributed by atoms with E-state index >= 15 is 0 Å². The summed E-state index contributed by atoms with van der Waals surface area (Å²) in [6.07, 6.45) is -3.53. The van der Waals surface area contributed by atoms with Crippen molar-refractivity contribution in [1.29, 1.82) is 0 Å². The van der Waals surface area contributed by atoms with Crippen LogP contribution in [0.1, 0.15) is 12.8 Å². The summed E-state index contributed by atoms with van der Waals surface area (Å²) < 4.78 is 41.5. The number of hydrogen-bond donors (Lipinski definition) is 2. The molecule has 1 atom stereocenters. The number of aromatic nitrogens is 1. The average Bonchev–Trinajstić information content (AvgIpc) is 3.12. The molecule has 25 heavy (non-hydrogen) atoms. The average molecular weight is 435 g/mol. The van der Waals surface area contributed by atoms with Crippen molar-refractivity contribution in [2.75, 3.05) is 6.54 Å². The van der Waals surface area contributed by atoms with Crippen LogP contribution in [0, 0.1) is 0 Å². The number of carbonyl (C=O) groups is 2. The van der Waals surface area contributed by atoms with Crippen LogP contribution in [0.3, 0.4) is 0 Å². The molecule has 0 aliphatic heterocycles. The van der Waals surface area contributed by atoms with E-state index in [0.29, 0.717) is 26.9 Å². The first-order chi connectivity index (χ1) is 11.6. The van der Waals surface area contributed by atoms with Crippen LogP contribution in [0.2, 0.25) is 0 Å². The number of alkyl halides is 3. The number of rotatable bonds is 6. The van der Waals surface area contributed by atoms with Crippen molar-refractivity contribution >= 4 is 51.6 Å². The fourth-order valence-corrected chi connectivity index (χ4v) is 5.66. The van der Waals surface area contributed by atoms with Gasteiger partial charge in [-0.2, -0.15) is 0 Å². The molecule has 0 spiro atoms. The number of nitrogens with zero attached hydrogens (tertiary/aromatic N) is 1. The predicted octanol–water partition coefficient (Wildman–Crippen LogP) is 0.391. The zero-order valence-corrected chi connectivity index (χ0v) is 15.6. The summed E-state index contributed by atoms with van der Waals surface area (Å²) in [6.45, 7) is -0.101. The van der Waals surface area contributed by atoms with Gasteiger partial charge < -0.3 is 0 Å². The molecule has 2 aromatic rings. The molecule has 1 aromatic carbocycles. The van der Waals surface area contributed by atoms with E-state index in [1.807, 2.05) is 0 Å². The fourth-order valence-electron chi connectivity index (χ4n) is 2.02. The molecule has 1 fully saturated rings. The Morgan fingerprint density at radius 3 is 2.76 bits per heavy atom. The maximum absolute atomic E-state index is 12.2. The van der Waals surface area contributed by atoms with Crippen molar-refractivity contribution < 1.29 is 27.5 Å². The normalized spacial score (nSPS) is 16.3. The zero-order valence-electron chi connectivity index (χ0n) is 12.6. The fraction of sp³-hybridized carbons (Fsp3) is 0.357. The van der Waals surface area contributed by atoms with Gasteiger partial charge >= 0.3 is 150 Å². The molecule has 1 aromatic heterocycles. The van der Waals surface area contributed by atoms with Crippen LogP contribution in [-0.2, 0) is 9.59 Å². The monoisotopic (exact) mass is 435 g/mol. The Kier molecular flexibility index (Phi) is 4.78. The van der Waals surface area contributed by atoms with Crippen LogP contribution >= 0.6 is 11.3 Å². The van der Waals surface area contributed by atoms with Crippen LogP contribution in [0.4, 0.5) is 13.2 Å². The first-order valence-electron chi connectivity index (χ1n) is 7.18. The molecule has 6 nitrogen and oxygen atoms in total. The summed E-state index contributed by atoms with van der Waals surface area (Å²) in [4.78, 5) is 27.9. The van der Waals surface area contributed by atoms with E-state index in [1.165, 1.54) is 18.2 Å². The van der Waals surface area contributed by atoms with Crippen LogP contribution < -0.4 is 19.6 Å². The number of fused-ring (bicyclic) bond motifs is 1. The van der Waals surface area contributed by atoms with E-state index in [9.17, 15) is 22.8 Å². The van der Waals surface area contributed by atoms with Gasteiger partial charge in [-0.1, -0.05) is 0 Å². The third kappa shape index (κ3) is 4.71. The molecule has 11 heteroatoms. The molecule has 1 aliphatic carbocycles. The van der Waals surface area contributed by atoms with Crippen molar-refractivity contribution in [3.8, 4) is 5.75 Å². The van der Waals surface area contributed by atoms with Crippen LogP contribution in [0.5, 0.6) is 5.75 Å². The van der Waals surface area contributed by atoms with Crippen molar-refractivity contribution in [3.63, 3.8) is 0 Å². The summed E-state index contributed by atoms with van der Waals surface area (Å²) in [6, 6.07) is 3.84. The van der Waals surface area contributed by atoms with Gasteiger partial charge in [-0.3, -0.25) is 0 Å². The van der Waals surface area contributed by atoms with Crippen molar-refractivity contribution in [1.82, 2.24) is 10.3 Å². The quantitative estimate of drug-likeness (QED) is 0.641. The van der Waals surface area contributed by atoms with Crippen molar-refractivity contribution in [3.05, 3.63) is 18.2 Å². The number of thiazole rings is 1. The van der Waals surface area contributed by atoms with E-state index in [-0.39, 0.29) is 22.8 Å². The molecular weight excluding hydrogens is 422 g/mol. The van der Waals surface area contributed by atoms with E-state index in [0.717, 1.165) is 11.3 Å². The second-order valence-electron chi connectivity index (χ2n) is 5.58. The third-order valence-corrected chi connectivity index (χ3v) is 7.13. The first kappa shape index (κ1) is 18.2. The summed E-state index contributed by atoms with van der Waals surface area (Å²) >= 11 is -0.113. The molecular formula is C14H13AsF3N3O3S. The molecule has 1 saturated carbocycles. The van der Waals surface area contributed by atoms with Gasteiger partial charge in [-0.15, -0.1) is 0 Å². The van der Waals surface area contributed by atoms with Crippen LogP contribution in [-0.4, -0.2) is 49.7 Å². The standard InChI is InChI=1S/C14H13AsF3N3O3S/c16-14(17,18)24-7-1-2-8-9(5-7)25-12(21-8)15-10(22)6-20-11(23)13(19)3-4-13/h1-2,5,15H,3-4,6,19H2,(H,20,23). The van der Waals surface area contributed by atoms with Gasteiger partial charge in [0.2, 0.25) is 0 Å². The molecule has 0 bridgehead atoms. The summed E-state index contributed by atoms with van der Waals surface area (Å²) in [5.41, 5.74) is 5.40. The molecule has 1 amide bonds. The van der Waals surface area contributed by atoms with Gasteiger partial charge in [-0.25, -0.2) is 0 Å². The molecule has 0 radical (unpaired) electrons. The predicted molar refractivity (Wildman–Crippen MR) is 87.3 cm³/mol. The number of hydrogen-bond acceptors (Lipinski definition) is 6. The summed E-state index contributed by atoms with van der Waals surface area (Å²) in [5, 5.41) is 2.52. The van der Waals surface area contributed by atoms with Gasteiger partial charge in [-0.05, 0) is 0 Å². The number of ether oxygens (including phenoxy) is 1. The molecule has 0 saturated heterocycles. The van der Waals surface area contributed by atoms with Gasteiger partial charge in [0, 0.05) is 0 Å². The van der Waals surface area contributed by atoms with Gasteiger partial charge in [0.25, 0.3) is 0 Å². The second kappa shape index (κ2) is 6.58. The SMILES string of the molecule is NC1(C(=O)NCC(=O)[AsH]c2nc3ccc(OC(F)(F)F)cc3s2)CC1. The summed E-state index contributed by atoms with van der Waals surface area (Å²) in [7, 11) is 0. The van der Waals surface area contributed by atoms with Gasteiger partial charge in [0.15, 0.2) is 0 Å². The first-order valence-corrected chi connectivity index (χ1v) is 10.1. The van der Waals surface area contributed by atoms with Gasteiger partial charge in [0.1, 0.15) is 0 Å². The van der Waals surface area contributed by atoms with E-state index in [4.69, 9.17) is 5.73 Å². The Bertz CT molecular complexity index is 836. The molecule has 1 unspecified atom stereocenters. The number of carbonyl (C=O) groups excluding carboxylic acids is 2. The molecule has 1 aliphatic rings. The number of nitrogens with two attached hydrogens (primary N) is 1. The van der Waals surface area contributed by atoms with E-state index in [2.05, 4.69) is 15.0 Å². The number of halogens is 3. The Labute approximate surface area is 150 Å². The number of amides is 1. The van der Waals surface area contributed by atoms with E-state index < -0.39 is 27.7 Å². The van der Waals surface area contributed by atoms with E-state index in [1.54, 1.807) is 0 Å². The van der Waals surface area contributed by atoms with Crippen molar-refractivity contribution in [2.45, 2.75) is 24.7 Å². The summed E-state index contributed by atoms with van der Waals surface area (Å²) in [5.74, 6) is -0.655. The topological polar surface area (TPSA) is 94.3 Å². The van der Waals surface area contributed by atoms with Crippen LogP contribution in [0.25, 0.3) is 10.2 Å². The Morgan fingerprint density at radius 2 is 2.12 bits per heavy atom. The van der Waals surface area contributed by atoms with Crippen LogP contribution in [0.15, 0.2) is 18.2 Å². The maximum atomic E-state index is 12.2. The number of nitrogens with one attached hydrogen (secondary N) is 1. The minimum atomic E-state index is -4.76. The third-order valence-electron chi connectivity index (χ3n) is 3.49. The minimum absolute atomic E-state index is 0.101. The second-order valence-corrected chi connectivity index (χ2v) is 10.1. The van der Waals surface area contributed by atoms with Crippen molar-refractivity contribution in [2.24, 2.45) is 5.73 Å². The zero-order chi connectivity index (χ0) is 18.2. The molecule has 134 valence electrons.